The Labute approximate surface area is 155 Å². The number of pyridine rings is 1. The summed E-state index contributed by atoms with van der Waals surface area (Å²) >= 11 is 3.39. The number of likely N-dealkylation sites (tertiary alicyclic amines) is 1. The van der Waals surface area contributed by atoms with E-state index in [9.17, 15) is 9.90 Å². The summed E-state index contributed by atoms with van der Waals surface area (Å²) < 4.78 is 7.86. The number of benzene rings is 1. The number of hydrogen-bond acceptors (Lipinski definition) is 4. The van der Waals surface area contributed by atoms with Crippen LogP contribution < -0.4 is 10.3 Å². The highest BCUT2D eigenvalue weighted by atomic mass is 79.9. The molecule has 132 valence electrons. The molecule has 0 radical (unpaired) electrons. The summed E-state index contributed by atoms with van der Waals surface area (Å²) in [7, 11) is 1.56. The van der Waals surface area contributed by atoms with Crippen LogP contribution in [0, 0.1) is 5.92 Å². The molecule has 1 fully saturated rings. The molecule has 3 heterocycles. The van der Waals surface area contributed by atoms with Gasteiger partial charge in [0.2, 0.25) is 0 Å². The van der Waals surface area contributed by atoms with Gasteiger partial charge in [0.25, 0.3) is 5.56 Å². The minimum atomic E-state index is 0.118. The van der Waals surface area contributed by atoms with Gasteiger partial charge in [-0.1, -0.05) is 6.07 Å². The highest BCUT2D eigenvalue weighted by Gasteiger charge is 2.34. The summed E-state index contributed by atoms with van der Waals surface area (Å²) in [5.74, 6) is 1.53. The fourth-order valence-corrected chi connectivity index (χ4v) is 4.75. The highest BCUT2D eigenvalue weighted by Crippen LogP contribution is 2.38. The second kappa shape index (κ2) is 6.50. The van der Waals surface area contributed by atoms with Gasteiger partial charge >= 0.3 is 0 Å². The third kappa shape index (κ3) is 3.09. The van der Waals surface area contributed by atoms with E-state index in [0.717, 1.165) is 43.9 Å². The molecule has 0 aliphatic carbocycles. The molecule has 4 rings (SSSR count). The van der Waals surface area contributed by atoms with E-state index in [0.29, 0.717) is 22.1 Å². The minimum absolute atomic E-state index is 0.118. The maximum absolute atomic E-state index is 12.1. The number of ether oxygens (including phenoxy) is 1. The quantitative estimate of drug-likeness (QED) is 0.854. The Morgan fingerprint density at radius 2 is 2.12 bits per heavy atom. The van der Waals surface area contributed by atoms with E-state index in [-0.39, 0.29) is 11.3 Å². The molecule has 1 aromatic carbocycles. The average Bonchev–Trinajstić information content (AvgIpc) is 2.59. The second-order valence-corrected chi connectivity index (χ2v) is 7.88. The van der Waals surface area contributed by atoms with Gasteiger partial charge in [0, 0.05) is 43.9 Å². The third-order valence-electron chi connectivity index (χ3n) is 5.27. The average molecular weight is 405 g/mol. The zero-order valence-electron chi connectivity index (χ0n) is 14.1. The standard InChI is InChI=1S/C19H21BrN2O3/c1-25-17-7-12(6-15(20)19(17)24)8-21-9-13-5-14(11-21)16-3-2-4-18(23)22(16)10-13/h2-4,6-7,13-14,24H,5,8-11H2,1H3/t13-,14-/m0/s1. The van der Waals surface area contributed by atoms with Crippen molar-refractivity contribution in [2.24, 2.45) is 5.92 Å². The van der Waals surface area contributed by atoms with E-state index in [1.807, 2.05) is 22.8 Å². The lowest BCUT2D eigenvalue weighted by molar-refractivity contribution is 0.114. The first-order valence-electron chi connectivity index (χ1n) is 8.52. The molecule has 6 heteroatoms. The van der Waals surface area contributed by atoms with Gasteiger partial charge in [-0.3, -0.25) is 9.69 Å². The first-order valence-corrected chi connectivity index (χ1v) is 9.32. The van der Waals surface area contributed by atoms with E-state index in [1.54, 1.807) is 13.2 Å². The second-order valence-electron chi connectivity index (χ2n) is 7.02. The molecule has 5 nitrogen and oxygen atoms in total. The topological polar surface area (TPSA) is 54.7 Å². The van der Waals surface area contributed by atoms with Gasteiger partial charge in [0.1, 0.15) is 0 Å². The van der Waals surface area contributed by atoms with Crippen LogP contribution in [-0.4, -0.2) is 34.8 Å². The van der Waals surface area contributed by atoms with Crippen LogP contribution in [0.1, 0.15) is 23.6 Å². The maximum Gasteiger partial charge on any atom is 0.250 e. The highest BCUT2D eigenvalue weighted by molar-refractivity contribution is 9.10. The van der Waals surface area contributed by atoms with Crippen LogP contribution in [0.2, 0.25) is 0 Å². The van der Waals surface area contributed by atoms with Crippen molar-refractivity contribution in [2.75, 3.05) is 20.2 Å². The molecule has 2 aliphatic heterocycles. The molecule has 0 saturated carbocycles. The monoisotopic (exact) mass is 404 g/mol. The van der Waals surface area contributed by atoms with Crippen molar-refractivity contribution in [1.82, 2.24) is 9.47 Å². The third-order valence-corrected chi connectivity index (χ3v) is 5.87. The van der Waals surface area contributed by atoms with Gasteiger partial charge in [-0.2, -0.15) is 0 Å². The van der Waals surface area contributed by atoms with Crippen molar-refractivity contribution >= 4 is 15.9 Å². The van der Waals surface area contributed by atoms with E-state index >= 15 is 0 Å². The van der Waals surface area contributed by atoms with Crippen molar-refractivity contribution in [3.8, 4) is 11.5 Å². The largest absolute Gasteiger partial charge is 0.503 e. The first kappa shape index (κ1) is 16.7. The summed E-state index contributed by atoms with van der Waals surface area (Å²) in [6.45, 7) is 3.54. The van der Waals surface area contributed by atoms with Crippen molar-refractivity contribution in [3.63, 3.8) is 0 Å². The summed E-state index contributed by atoms with van der Waals surface area (Å²) in [5.41, 5.74) is 2.39. The van der Waals surface area contributed by atoms with Crippen molar-refractivity contribution < 1.29 is 9.84 Å². The van der Waals surface area contributed by atoms with Crippen molar-refractivity contribution in [3.05, 3.63) is 56.4 Å². The number of halogens is 1. The van der Waals surface area contributed by atoms with Crippen LogP contribution in [-0.2, 0) is 13.1 Å². The van der Waals surface area contributed by atoms with E-state index in [1.165, 1.54) is 0 Å². The Morgan fingerprint density at radius 1 is 1.28 bits per heavy atom. The molecule has 2 aromatic rings. The first-order chi connectivity index (χ1) is 12.0. The van der Waals surface area contributed by atoms with Gasteiger partial charge in [-0.05, 0) is 52.0 Å². The van der Waals surface area contributed by atoms with Crippen LogP contribution in [0.3, 0.4) is 0 Å². The molecule has 0 spiro atoms. The summed E-state index contributed by atoms with van der Waals surface area (Å²) in [5, 5.41) is 9.98. The number of phenolic OH excluding ortho intramolecular Hbond substituents is 1. The van der Waals surface area contributed by atoms with Crippen molar-refractivity contribution in [2.45, 2.75) is 25.4 Å². The van der Waals surface area contributed by atoms with E-state index < -0.39 is 0 Å². The number of rotatable bonds is 3. The number of hydrogen-bond donors (Lipinski definition) is 1. The Bertz CT molecular complexity index is 864. The van der Waals surface area contributed by atoms with Crippen LogP contribution in [0.25, 0.3) is 0 Å². The Hall–Kier alpha value is -1.79. The lowest BCUT2D eigenvalue weighted by Gasteiger charge is -2.42. The zero-order valence-corrected chi connectivity index (χ0v) is 15.7. The normalized spacial score (nSPS) is 22.5. The van der Waals surface area contributed by atoms with E-state index in [4.69, 9.17) is 4.74 Å². The van der Waals surface area contributed by atoms with Gasteiger partial charge < -0.3 is 14.4 Å². The molecule has 25 heavy (non-hydrogen) atoms. The number of nitrogens with zero attached hydrogens (tertiary/aromatic N) is 2. The number of aromatic nitrogens is 1. The summed E-state index contributed by atoms with van der Waals surface area (Å²) in [6, 6.07) is 9.45. The molecule has 1 N–H and O–H groups in total. The van der Waals surface area contributed by atoms with Crippen LogP contribution in [0.4, 0.5) is 0 Å². The predicted molar refractivity (Wildman–Crippen MR) is 99.2 cm³/mol. The smallest absolute Gasteiger partial charge is 0.250 e. The number of fused-ring (bicyclic) bond motifs is 4. The summed E-state index contributed by atoms with van der Waals surface area (Å²) in [6.07, 6.45) is 1.16. The van der Waals surface area contributed by atoms with Gasteiger partial charge in [0.15, 0.2) is 11.5 Å². The van der Waals surface area contributed by atoms with Crippen LogP contribution in [0.5, 0.6) is 11.5 Å². The van der Waals surface area contributed by atoms with Gasteiger partial charge in [-0.25, -0.2) is 0 Å². The molecular formula is C19H21BrN2O3. The number of methoxy groups -OCH3 is 1. The summed E-state index contributed by atoms with van der Waals surface area (Å²) in [4.78, 5) is 14.6. The van der Waals surface area contributed by atoms with Crippen LogP contribution >= 0.6 is 15.9 Å². The van der Waals surface area contributed by atoms with E-state index in [2.05, 4.69) is 26.9 Å². The Kier molecular flexibility index (Phi) is 4.33. The lowest BCUT2D eigenvalue weighted by Crippen LogP contribution is -2.46. The Balaban J connectivity index is 1.57. The SMILES string of the molecule is COc1cc(CN2C[C@@H]3C[C@@H](C2)c2cccc(=O)n2C3)cc(Br)c1O. The number of piperidine rings is 1. The van der Waals surface area contributed by atoms with Crippen LogP contribution in [0.15, 0.2) is 39.6 Å². The van der Waals surface area contributed by atoms with Crippen molar-refractivity contribution in [1.29, 1.82) is 0 Å². The number of phenols is 1. The molecule has 1 saturated heterocycles. The predicted octanol–water partition coefficient (Wildman–Crippen LogP) is 2.94. The molecule has 2 atom stereocenters. The van der Waals surface area contributed by atoms with Gasteiger partial charge in [0.05, 0.1) is 11.6 Å². The minimum Gasteiger partial charge on any atom is -0.503 e. The molecule has 0 unspecified atom stereocenters. The molecule has 1 aromatic heterocycles. The fourth-order valence-electron chi connectivity index (χ4n) is 4.26. The molecule has 2 bridgehead atoms. The molecular weight excluding hydrogens is 384 g/mol. The lowest BCUT2D eigenvalue weighted by atomic mass is 9.83. The number of aromatic hydroxyl groups is 1. The maximum atomic E-state index is 12.1. The van der Waals surface area contributed by atoms with Gasteiger partial charge in [-0.15, -0.1) is 0 Å². The zero-order chi connectivity index (χ0) is 17.6. The molecule has 0 amide bonds. The fraction of sp³-hybridized carbons (Fsp3) is 0.421. The molecule has 2 aliphatic rings. The Morgan fingerprint density at radius 3 is 2.92 bits per heavy atom.